The van der Waals surface area contributed by atoms with Gasteiger partial charge in [0.05, 0.1) is 0 Å². The van der Waals surface area contributed by atoms with Crippen LogP contribution < -0.4 is 0 Å². The van der Waals surface area contributed by atoms with Crippen molar-refractivity contribution in [1.82, 2.24) is 4.90 Å². The van der Waals surface area contributed by atoms with E-state index >= 15 is 0 Å². The first-order chi connectivity index (χ1) is 9.33. The van der Waals surface area contributed by atoms with Crippen LogP contribution in [-0.4, -0.2) is 23.1 Å². The van der Waals surface area contributed by atoms with Crippen molar-refractivity contribution in [1.29, 1.82) is 0 Å². The Balaban J connectivity index is 1.87. The van der Waals surface area contributed by atoms with Crippen LogP contribution >= 0.6 is 0 Å². The van der Waals surface area contributed by atoms with Gasteiger partial charge in [-0.1, -0.05) is 36.4 Å². The van der Waals surface area contributed by atoms with Crippen LogP contribution in [0, 0.1) is 0 Å². The lowest BCUT2D eigenvalue weighted by Crippen LogP contribution is -2.18. The number of hydrogen-bond donors (Lipinski definition) is 1. The van der Waals surface area contributed by atoms with E-state index in [4.69, 9.17) is 0 Å². The molecule has 2 aromatic carbocycles. The van der Waals surface area contributed by atoms with Gasteiger partial charge in [-0.25, -0.2) is 0 Å². The van der Waals surface area contributed by atoms with Gasteiger partial charge in [-0.05, 0) is 49.2 Å². The van der Waals surface area contributed by atoms with Crippen molar-refractivity contribution in [3.05, 3.63) is 54.1 Å². The molecule has 0 saturated carbocycles. The standard InChI is InChI=1S/C17H19NO/c19-17-9-8-15(14-6-2-1-3-7-14)12-16(17)13-18-10-4-5-11-18/h1-3,6-9,12,19H,4-5,10-11,13H2. The van der Waals surface area contributed by atoms with Crippen LogP contribution in [0.2, 0.25) is 0 Å². The molecule has 0 aliphatic carbocycles. The minimum Gasteiger partial charge on any atom is -0.508 e. The van der Waals surface area contributed by atoms with Crippen LogP contribution in [0.5, 0.6) is 5.75 Å². The van der Waals surface area contributed by atoms with Crippen molar-refractivity contribution in [2.24, 2.45) is 0 Å². The van der Waals surface area contributed by atoms with Gasteiger partial charge in [0, 0.05) is 12.1 Å². The molecule has 0 bridgehead atoms. The van der Waals surface area contributed by atoms with Crippen LogP contribution in [0.15, 0.2) is 48.5 Å². The highest BCUT2D eigenvalue weighted by atomic mass is 16.3. The van der Waals surface area contributed by atoms with Gasteiger partial charge in [0.1, 0.15) is 5.75 Å². The molecule has 0 radical (unpaired) electrons. The maximum absolute atomic E-state index is 10.0. The Bertz CT molecular complexity index is 544. The summed E-state index contributed by atoms with van der Waals surface area (Å²) < 4.78 is 0. The molecule has 1 fully saturated rings. The third-order valence-corrected chi connectivity index (χ3v) is 3.78. The average Bonchev–Trinajstić information content (AvgIpc) is 2.95. The van der Waals surface area contributed by atoms with E-state index in [2.05, 4.69) is 23.1 Å². The molecule has 0 spiro atoms. The molecule has 3 rings (SSSR count). The zero-order valence-electron chi connectivity index (χ0n) is 11.0. The summed E-state index contributed by atoms with van der Waals surface area (Å²) in [4.78, 5) is 2.41. The van der Waals surface area contributed by atoms with Crippen molar-refractivity contribution >= 4 is 0 Å². The van der Waals surface area contributed by atoms with Crippen LogP contribution in [0.3, 0.4) is 0 Å². The van der Waals surface area contributed by atoms with Crippen molar-refractivity contribution in [2.75, 3.05) is 13.1 Å². The maximum atomic E-state index is 10.0. The van der Waals surface area contributed by atoms with Crippen molar-refractivity contribution in [2.45, 2.75) is 19.4 Å². The Morgan fingerprint density at radius 3 is 2.37 bits per heavy atom. The third kappa shape index (κ3) is 2.79. The third-order valence-electron chi connectivity index (χ3n) is 3.78. The summed E-state index contributed by atoms with van der Waals surface area (Å²) in [5, 5.41) is 10.0. The van der Waals surface area contributed by atoms with E-state index in [9.17, 15) is 5.11 Å². The zero-order valence-corrected chi connectivity index (χ0v) is 11.0. The summed E-state index contributed by atoms with van der Waals surface area (Å²) in [6, 6.07) is 16.2. The normalized spacial score (nSPS) is 15.8. The second-order valence-electron chi connectivity index (χ2n) is 5.19. The number of rotatable bonds is 3. The molecular formula is C17H19NO. The number of phenols is 1. The Kier molecular flexibility index (Phi) is 3.51. The van der Waals surface area contributed by atoms with Crippen LogP contribution in [0.1, 0.15) is 18.4 Å². The topological polar surface area (TPSA) is 23.5 Å². The number of likely N-dealkylation sites (tertiary alicyclic amines) is 1. The molecular weight excluding hydrogens is 234 g/mol. The summed E-state index contributed by atoms with van der Waals surface area (Å²) in [6.45, 7) is 3.15. The molecule has 19 heavy (non-hydrogen) atoms. The highest BCUT2D eigenvalue weighted by molar-refractivity contribution is 5.65. The molecule has 0 amide bonds. The van der Waals surface area contributed by atoms with Gasteiger partial charge in [-0.2, -0.15) is 0 Å². The average molecular weight is 253 g/mol. The summed E-state index contributed by atoms with van der Waals surface area (Å²) in [5.74, 6) is 0.409. The van der Waals surface area contributed by atoms with Gasteiger partial charge in [0.15, 0.2) is 0 Å². The second-order valence-corrected chi connectivity index (χ2v) is 5.19. The van der Waals surface area contributed by atoms with Crippen LogP contribution in [-0.2, 0) is 6.54 Å². The zero-order chi connectivity index (χ0) is 13.1. The highest BCUT2D eigenvalue weighted by Crippen LogP contribution is 2.27. The molecule has 0 aromatic heterocycles. The lowest BCUT2D eigenvalue weighted by Gasteiger charge is -2.16. The molecule has 0 atom stereocenters. The molecule has 0 unspecified atom stereocenters. The van der Waals surface area contributed by atoms with Gasteiger partial charge in [-0.3, -0.25) is 4.90 Å². The fraction of sp³-hybridized carbons (Fsp3) is 0.294. The first-order valence-corrected chi connectivity index (χ1v) is 6.92. The molecule has 98 valence electrons. The van der Waals surface area contributed by atoms with Crippen molar-refractivity contribution in [3.8, 4) is 16.9 Å². The van der Waals surface area contributed by atoms with Gasteiger partial charge >= 0.3 is 0 Å². The predicted octanol–water partition coefficient (Wildman–Crippen LogP) is 3.66. The summed E-state index contributed by atoms with van der Waals surface area (Å²) >= 11 is 0. The Labute approximate surface area is 114 Å². The van der Waals surface area contributed by atoms with Crippen LogP contribution in [0.4, 0.5) is 0 Å². The number of phenolic OH excluding ortho intramolecular Hbond substituents is 1. The maximum Gasteiger partial charge on any atom is 0.120 e. The largest absolute Gasteiger partial charge is 0.508 e. The van der Waals surface area contributed by atoms with E-state index < -0.39 is 0 Å². The van der Waals surface area contributed by atoms with Crippen molar-refractivity contribution in [3.63, 3.8) is 0 Å². The van der Waals surface area contributed by atoms with Gasteiger partial charge in [0.25, 0.3) is 0 Å². The number of aromatic hydroxyl groups is 1. The Hall–Kier alpha value is -1.80. The molecule has 2 nitrogen and oxygen atoms in total. The fourth-order valence-electron chi connectivity index (χ4n) is 2.70. The molecule has 1 aliphatic rings. The van der Waals surface area contributed by atoms with E-state index in [0.29, 0.717) is 5.75 Å². The SMILES string of the molecule is Oc1ccc(-c2ccccc2)cc1CN1CCCC1. The molecule has 1 heterocycles. The first-order valence-electron chi connectivity index (χ1n) is 6.92. The summed E-state index contributed by atoms with van der Waals surface area (Å²) in [6.07, 6.45) is 2.55. The van der Waals surface area contributed by atoms with E-state index in [0.717, 1.165) is 25.2 Å². The fourth-order valence-corrected chi connectivity index (χ4v) is 2.70. The number of hydrogen-bond acceptors (Lipinski definition) is 2. The highest BCUT2D eigenvalue weighted by Gasteiger charge is 2.14. The van der Waals surface area contributed by atoms with E-state index in [1.165, 1.54) is 24.0 Å². The molecule has 2 aromatic rings. The van der Waals surface area contributed by atoms with Gasteiger partial charge in [0.2, 0.25) is 0 Å². The summed E-state index contributed by atoms with van der Waals surface area (Å²) in [5.41, 5.74) is 3.40. The van der Waals surface area contributed by atoms with E-state index in [1.807, 2.05) is 30.3 Å². The molecule has 1 aliphatic heterocycles. The van der Waals surface area contributed by atoms with Gasteiger partial charge in [-0.15, -0.1) is 0 Å². The first kappa shape index (κ1) is 12.2. The smallest absolute Gasteiger partial charge is 0.120 e. The van der Waals surface area contributed by atoms with Crippen molar-refractivity contribution < 1.29 is 5.11 Å². The molecule has 2 heteroatoms. The molecule has 1 saturated heterocycles. The quantitative estimate of drug-likeness (QED) is 0.902. The monoisotopic (exact) mass is 253 g/mol. The van der Waals surface area contributed by atoms with Crippen LogP contribution in [0.25, 0.3) is 11.1 Å². The predicted molar refractivity (Wildman–Crippen MR) is 78.1 cm³/mol. The minimum absolute atomic E-state index is 0.409. The Morgan fingerprint density at radius 1 is 0.895 bits per heavy atom. The van der Waals surface area contributed by atoms with E-state index in [1.54, 1.807) is 0 Å². The number of benzene rings is 2. The lowest BCUT2D eigenvalue weighted by atomic mass is 10.0. The minimum atomic E-state index is 0.409. The molecule has 1 N–H and O–H groups in total. The van der Waals surface area contributed by atoms with E-state index in [-0.39, 0.29) is 0 Å². The Morgan fingerprint density at radius 2 is 1.63 bits per heavy atom. The lowest BCUT2D eigenvalue weighted by molar-refractivity contribution is 0.324. The second kappa shape index (κ2) is 5.45. The number of nitrogens with zero attached hydrogens (tertiary/aromatic N) is 1. The van der Waals surface area contributed by atoms with Gasteiger partial charge < -0.3 is 5.11 Å². The summed E-state index contributed by atoms with van der Waals surface area (Å²) in [7, 11) is 0.